The van der Waals surface area contributed by atoms with Crippen molar-refractivity contribution in [1.82, 2.24) is 15.0 Å². The smallest absolute Gasteiger partial charge is 0.390 e. The quantitative estimate of drug-likeness (QED) is 0.468. The van der Waals surface area contributed by atoms with Crippen molar-refractivity contribution in [2.45, 2.75) is 19.7 Å². The van der Waals surface area contributed by atoms with Crippen molar-refractivity contribution < 1.29 is 27.3 Å². The highest BCUT2D eigenvalue weighted by molar-refractivity contribution is 5.79. The average molecular weight is 370 g/mol. The van der Waals surface area contributed by atoms with E-state index in [9.17, 15) is 13.2 Å². The van der Waals surface area contributed by atoms with Crippen LogP contribution in [0.25, 0.3) is 11.4 Å². The number of nitrogens with zero attached hydrogens (tertiary/aromatic N) is 4. The molecule has 0 atom stereocenters. The summed E-state index contributed by atoms with van der Waals surface area (Å²) in [5, 5.41) is 7.42. The monoisotopic (exact) mass is 370 g/mol. The Morgan fingerprint density at radius 2 is 1.92 bits per heavy atom. The summed E-state index contributed by atoms with van der Waals surface area (Å²) in [6.45, 7) is 4.99. The Morgan fingerprint density at radius 1 is 1.23 bits per heavy atom. The van der Waals surface area contributed by atoms with Crippen LogP contribution in [0.15, 0.2) is 33.9 Å². The molecule has 10 heteroatoms. The van der Waals surface area contributed by atoms with E-state index in [-0.39, 0.29) is 12.4 Å². The largest absolute Gasteiger partial charge is 0.471 e. The number of halogens is 3. The highest BCUT2D eigenvalue weighted by Crippen LogP contribution is 2.29. The number of hydrogen-bond acceptors (Lipinski definition) is 6. The number of hydrogen-bond donors (Lipinski definition) is 0. The molecule has 140 valence electrons. The van der Waals surface area contributed by atoms with Gasteiger partial charge in [0.25, 0.3) is 0 Å². The van der Waals surface area contributed by atoms with Crippen LogP contribution in [-0.2, 0) is 22.4 Å². The van der Waals surface area contributed by atoms with Crippen LogP contribution in [0.2, 0.25) is 0 Å². The molecule has 0 radical (unpaired) electrons. The van der Waals surface area contributed by atoms with Gasteiger partial charge in [-0.1, -0.05) is 34.6 Å². The summed E-state index contributed by atoms with van der Waals surface area (Å²) >= 11 is 0. The molecule has 0 unspecified atom stereocenters. The van der Waals surface area contributed by atoms with Crippen molar-refractivity contribution in [3.8, 4) is 11.4 Å². The van der Waals surface area contributed by atoms with Crippen LogP contribution in [0.4, 0.5) is 13.2 Å². The van der Waals surface area contributed by atoms with E-state index in [4.69, 9.17) is 9.57 Å². The topological polar surface area (TPSA) is 73.0 Å². The van der Waals surface area contributed by atoms with Gasteiger partial charge in [-0.25, -0.2) is 0 Å². The molecule has 0 spiro atoms. The molecule has 3 rings (SSSR count). The molecule has 1 aliphatic rings. The molecule has 2 aromatic rings. The fraction of sp³-hybridized carbons (Fsp3) is 0.438. The third-order valence-electron chi connectivity index (χ3n) is 3.78. The van der Waals surface area contributed by atoms with Crippen LogP contribution >= 0.6 is 0 Å². The van der Waals surface area contributed by atoms with Gasteiger partial charge in [-0.2, -0.15) is 18.2 Å². The van der Waals surface area contributed by atoms with Crippen molar-refractivity contribution in [3.05, 3.63) is 35.7 Å². The first-order valence-electron chi connectivity index (χ1n) is 7.93. The molecule has 1 aromatic heterocycles. The highest BCUT2D eigenvalue weighted by atomic mass is 19.4. The second kappa shape index (κ2) is 7.73. The Balaban J connectivity index is 1.57. The minimum Gasteiger partial charge on any atom is -0.390 e. The van der Waals surface area contributed by atoms with Crippen molar-refractivity contribution in [3.63, 3.8) is 0 Å². The van der Waals surface area contributed by atoms with E-state index < -0.39 is 12.1 Å². The predicted molar refractivity (Wildman–Crippen MR) is 85.0 cm³/mol. The summed E-state index contributed by atoms with van der Waals surface area (Å²) in [4.78, 5) is 10.8. The Labute approximate surface area is 147 Å². The van der Waals surface area contributed by atoms with Crippen LogP contribution in [0.3, 0.4) is 0 Å². The third kappa shape index (κ3) is 4.51. The number of amidine groups is 1. The molecule has 0 amide bonds. The van der Waals surface area contributed by atoms with Crippen LogP contribution in [0.1, 0.15) is 18.4 Å². The number of ether oxygens (including phenoxy) is 1. The van der Waals surface area contributed by atoms with Gasteiger partial charge in [-0.15, -0.1) is 0 Å². The minimum absolute atomic E-state index is 0.119. The molecule has 0 saturated carbocycles. The third-order valence-corrected chi connectivity index (χ3v) is 3.78. The molecular weight excluding hydrogens is 353 g/mol. The molecule has 7 nitrogen and oxygen atoms in total. The maximum atomic E-state index is 12.5. The average Bonchev–Trinajstić information content (AvgIpc) is 3.13. The first kappa shape index (κ1) is 18.2. The van der Waals surface area contributed by atoms with Crippen molar-refractivity contribution >= 4 is 5.84 Å². The van der Waals surface area contributed by atoms with Crippen LogP contribution < -0.4 is 0 Å². The minimum atomic E-state index is -4.66. The second-order valence-electron chi connectivity index (χ2n) is 5.63. The van der Waals surface area contributed by atoms with Gasteiger partial charge in [0, 0.05) is 18.7 Å². The zero-order valence-corrected chi connectivity index (χ0v) is 14.0. The number of aromatic nitrogens is 2. The SMILES string of the molecule is C/C(=N/OCc1ccc(-c2noc(C(F)(F)F)n2)cc1)N1CCOCC1. The lowest BCUT2D eigenvalue weighted by molar-refractivity contribution is -0.159. The summed E-state index contributed by atoms with van der Waals surface area (Å²) in [5.74, 6) is -0.713. The maximum Gasteiger partial charge on any atom is 0.471 e. The molecule has 1 aliphatic heterocycles. The lowest BCUT2D eigenvalue weighted by Gasteiger charge is -2.27. The van der Waals surface area contributed by atoms with E-state index in [1.54, 1.807) is 24.3 Å². The van der Waals surface area contributed by atoms with E-state index in [0.717, 1.165) is 24.5 Å². The van der Waals surface area contributed by atoms with Gasteiger partial charge in [0.2, 0.25) is 5.82 Å². The normalized spacial score (nSPS) is 16.0. The highest BCUT2D eigenvalue weighted by Gasteiger charge is 2.38. The molecule has 0 bridgehead atoms. The van der Waals surface area contributed by atoms with Crippen LogP contribution in [-0.4, -0.2) is 47.2 Å². The maximum absolute atomic E-state index is 12.5. The van der Waals surface area contributed by atoms with Crippen LogP contribution in [0.5, 0.6) is 0 Å². The van der Waals surface area contributed by atoms with E-state index in [2.05, 4.69) is 24.7 Å². The lowest BCUT2D eigenvalue weighted by Crippen LogP contribution is -2.39. The Bertz CT molecular complexity index is 753. The van der Waals surface area contributed by atoms with E-state index in [1.807, 2.05) is 6.92 Å². The molecule has 1 aromatic carbocycles. The molecule has 0 N–H and O–H groups in total. The number of rotatable bonds is 4. The van der Waals surface area contributed by atoms with Crippen molar-refractivity contribution in [1.29, 1.82) is 0 Å². The predicted octanol–water partition coefficient (Wildman–Crippen LogP) is 2.94. The van der Waals surface area contributed by atoms with Gasteiger partial charge in [-0.3, -0.25) is 0 Å². The number of oxime groups is 1. The zero-order chi connectivity index (χ0) is 18.6. The Hall–Kier alpha value is -2.62. The van der Waals surface area contributed by atoms with Gasteiger partial charge >= 0.3 is 12.1 Å². The summed E-state index contributed by atoms with van der Waals surface area (Å²) in [6, 6.07) is 6.61. The summed E-state index contributed by atoms with van der Waals surface area (Å²) in [5.41, 5.74) is 1.23. The second-order valence-corrected chi connectivity index (χ2v) is 5.63. The molecule has 1 fully saturated rings. The summed E-state index contributed by atoms with van der Waals surface area (Å²) < 4.78 is 46.9. The summed E-state index contributed by atoms with van der Waals surface area (Å²) in [6.07, 6.45) is -4.66. The zero-order valence-electron chi connectivity index (χ0n) is 14.0. The lowest BCUT2D eigenvalue weighted by atomic mass is 10.1. The van der Waals surface area contributed by atoms with Crippen LogP contribution in [0, 0.1) is 0 Å². The number of morpholine rings is 1. The molecule has 1 saturated heterocycles. The fourth-order valence-electron chi connectivity index (χ4n) is 2.35. The van der Waals surface area contributed by atoms with Gasteiger partial charge in [0.15, 0.2) is 0 Å². The fourth-order valence-corrected chi connectivity index (χ4v) is 2.35. The molecule has 26 heavy (non-hydrogen) atoms. The Morgan fingerprint density at radius 3 is 2.54 bits per heavy atom. The number of alkyl halides is 3. The first-order chi connectivity index (χ1) is 12.4. The first-order valence-corrected chi connectivity index (χ1v) is 7.93. The van der Waals surface area contributed by atoms with Crippen molar-refractivity contribution in [2.75, 3.05) is 26.3 Å². The van der Waals surface area contributed by atoms with E-state index in [1.165, 1.54) is 0 Å². The Kier molecular flexibility index (Phi) is 5.40. The van der Waals surface area contributed by atoms with Gasteiger partial charge in [-0.05, 0) is 12.5 Å². The van der Waals surface area contributed by atoms with Gasteiger partial charge in [0.1, 0.15) is 12.4 Å². The molecule has 2 heterocycles. The van der Waals surface area contributed by atoms with Gasteiger partial charge in [0.05, 0.1) is 13.2 Å². The van der Waals surface area contributed by atoms with Crippen molar-refractivity contribution in [2.24, 2.45) is 5.16 Å². The standard InChI is InChI=1S/C16H17F3N4O3/c1-11(23-6-8-24-9-7-23)21-25-10-12-2-4-13(5-3-12)14-20-15(26-22-14)16(17,18)19/h2-5H,6-10H2,1H3/b21-11-. The number of benzene rings is 1. The van der Waals surface area contributed by atoms with Gasteiger partial charge < -0.3 is 19.0 Å². The summed E-state index contributed by atoms with van der Waals surface area (Å²) in [7, 11) is 0. The van der Waals surface area contributed by atoms with E-state index in [0.29, 0.717) is 18.8 Å². The van der Waals surface area contributed by atoms with E-state index >= 15 is 0 Å². The molecule has 0 aliphatic carbocycles. The molecular formula is C16H17F3N4O3.